The highest BCUT2D eigenvalue weighted by molar-refractivity contribution is 5.95. The molecule has 2 heterocycles. The lowest BCUT2D eigenvalue weighted by molar-refractivity contribution is 0.271. The van der Waals surface area contributed by atoms with Crippen LogP contribution in [0.3, 0.4) is 0 Å². The van der Waals surface area contributed by atoms with Crippen molar-refractivity contribution in [3.63, 3.8) is 0 Å². The molecule has 1 aliphatic carbocycles. The van der Waals surface area contributed by atoms with E-state index >= 15 is 0 Å². The Kier molecular flexibility index (Phi) is 5.56. The van der Waals surface area contributed by atoms with Gasteiger partial charge in [-0.05, 0) is 34.0 Å². The van der Waals surface area contributed by atoms with Crippen molar-refractivity contribution >= 4 is 16.3 Å². The molecule has 0 radical (unpaired) electrons. The van der Waals surface area contributed by atoms with Crippen molar-refractivity contribution < 1.29 is 4.74 Å². The SMILES string of the molecule is C1=CC2Oc3cc(-c4ccccc4)ccc3C2C(c2nc(-c3ccccc3)nc(-c3cccc4ccccc34)n2)=C1. The Bertz CT molecular complexity index is 1970. The highest BCUT2D eigenvalue weighted by Gasteiger charge is 2.38. The Morgan fingerprint density at radius 1 is 0.561 bits per heavy atom. The second kappa shape index (κ2) is 9.68. The van der Waals surface area contributed by atoms with E-state index < -0.39 is 0 Å². The van der Waals surface area contributed by atoms with Crippen LogP contribution in [0, 0.1) is 0 Å². The summed E-state index contributed by atoms with van der Waals surface area (Å²) in [7, 11) is 0. The van der Waals surface area contributed by atoms with Gasteiger partial charge in [0.2, 0.25) is 0 Å². The van der Waals surface area contributed by atoms with E-state index in [1.807, 2.05) is 36.4 Å². The number of benzene rings is 5. The normalized spacial score (nSPS) is 17.0. The lowest BCUT2D eigenvalue weighted by Gasteiger charge is -2.22. The molecule has 1 aromatic heterocycles. The lowest BCUT2D eigenvalue weighted by atomic mass is 9.83. The third-order valence-corrected chi connectivity index (χ3v) is 7.92. The van der Waals surface area contributed by atoms with Gasteiger partial charge in [0.05, 0.1) is 5.92 Å². The largest absolute Gasteiger partial charge is 0.485 e. The predicted molar refractivity (Wildman–Crippen MR) is 164 cm³/mol. The van der Waals surface area contributed by atoms with Crippen LogP contribution in [0.2, 0.25) is 0 Å². The number of hydrogen-bond acceptors (Lipinski definition) is 4. The van der Waals surface area contributed by atoms with E-state index in [0.717, 1.165) is 44.3 Å². The molecule has 6 aromatic rings. The van der Waals surface area contributed by atoms with Gasteiger partial charge in [0.15, 0.2) is 17.5 Å². The van der Waals surface area contributed by atoms with Crippen molar-refractivity contribution in [3.05, 3.63) is 151 Å². The summed E-state index contributed by atoms with van der Waals surface area (Å²) in [4.78, 5) is 15.2. The molecule has 0 N–H and O–H groups in total. The van der Waals surface area contributed by atoms with E-state index in [0.29, 0.717) is 17.5 Å². The molecule has 2 atom stereocenters. The molecule has 0 fully saturated rings. The van der Waals surface area contributed by atoms with Gasteiger partial charge in [0.1, 0.15) is 11.9 Å². The van der Waals surface area contributed by atoms with E-state index in [1.165, 1.54) is 5.56 Å². The minimum atomic E-state index is -0.117. The molecular formula is C37H25N3O. The lowest BCUT2D eigenvalue weighted by Crippen LogP contribution is -2.20. The van der Waals surface area contributed by atoms with Crippen molar-refractivity contribution in [3.8, 4) is 39.7 Å². The highest BCUT2D eigenvalue weighted by atomic mass is 16.5. The Balaban J connectivity index is 1.28. The molecule has 2 unspecified atom stereocenters. The number of allylic oxidation sites excluding steroid dienone is 2. The quantitative estimate of drug-likeness (QED) is 0.231. The van der Waals surface area contributed by atoms with E-state index in [9.17, 15) is 0 Å². The van der Waals surface area contributed by atoms with E-state index in [-0.39, 0.29) is 12.0 Å². The molecule has 8 rings (SSSR count). The standard InChI is InChI=1S/C37H25N3O/c1-3-11-24(12-4-1)27-21-22-30-33(23-27)41-32-20-10-19-31(34(30)32)37-39-35(26-14-5-2-6-15-26)38-36(40-37)29-18-9-16-25-13-7-8-17-28(25)29/h1-23,32,34H. The molecule has 0 spiro atoms. The van der Waals surface area contributed by atoms with Gasteiger partial charge in [0.25, 0.3) is 0 Å². The minimum absolute atomic E-state index is 0.00813. The van der Waals surface area contributed by atoms with Crippen LogP contribution in [0.5, 0.6) is 5.75 Å². The predicted octanol–water partition coefficient (Wildman–Crippen LogP) is 8.52. The molecule has 1 aliphatic heterocycles. The van der Waals surface area contributed by atoms with Crippen molar-refractivity contribution in [1.82, 2.24) is 15.0 Å². The van der Waals surface area contributed by atoms with Gasteiger partial charge in [-0.25, -0.2) is 15.0 Å². The van der Waals surface area contributed by atoms with Gasteiger partial charge in [-0.3, -0.25) is 0 Å². The molecule has 0 bridgehead atoms. The number of rotatable bonds is 4. The zero-order valence-electron chi connectivity index (χ0n) is 22.2. The highest BCUT2D eigenvalue weighted by Crippen LogP contribution is 2.48. The summed E-state index contributed by atoms with van der Waals surface area (Å²) in [5, 5.41) is 2.27. The zero-order valence-corrected chi connectivity index (χ0v) is 22.2. The van der Waals surface area contributed by atoms with Gasteiger partial charge in [-0.15, -0.1) is 0 Å². The number of fused-ring (bicyclic) bond motifs is 4. The maximum Gasteiger partial charge on any atom is 0.164 e. The molecular weight excluding hydrogens is 502 g/mol. The van der Waals surface area contributed by atoms with E-state index in [1.54, 1.807) is 0 Å². The van der Waals surface area contributed by atoms with Gasteiger partial charge in [-0.2, -0.15) is 0 Å². The van der Waals surface area contributed by atoms with Crippen molar-refractivity contribution in [1.29, 1.82) is 0 Å². The molecule has 4 heteroatoms. The monoisotopic (exact) mass is 527 g/mol. The van der Waals surface area contributed by atoms with E-state index in [4.69, 9.17) is 19.7 Å². The van der Waals surface area contributed by atoms with Crippen molar-refractivity contribution in [2.45, 2.75) is 12.0 Å². The Hall–Kier alpha value is -5.35. The summed E-state index contributed by atoms with van der Waals surface area (Å²) in [6.07, 6.45) is 6.20. The summed E-state index contributed by atoms with van der Waals surface area (Å²) in [6.45, 7) is 0. The number of ether oxygens (including phenoxy) is 1. The average molecular weight is 528 g/mol. The van der Waals surface area contributed by atoms with Gasteiger partial charge in [-0.1, -0.05) is 127 Å². The van der Waals surface area contributed by atoms with Crippen LogP contribution >= 0.6 is 0 Å². The molecule has 4 nitrogen and oxygen atoms in total. The average Bonchev–Trinajstić information content (AvgIpc) is 3.43. The fraction of sp³-hybridized carbons (Fsp3) is 0.0541. The first kappa shape index (κ1) is 23.5. The minimum Gasteiger partial charge on any atom is -0.485 e. The number of hydrogen-bond donors (Lipinski definition) is 0. The number of nitrogens with zero attached hydrogens (tertiary/aromatic N) is 3. The first-order valence-corrected chi connectivity index (χ1v) is 13.9. The summed E-state index contributed by atoms with van der Waals surface area (Å²) in [6, 6.07) is 41.7. The molecule has 0 saturated carbocycles. The molecule has 194 valence electrons. The topological polar surface area (TPSA) is 47.9 Å². The second-order valence-electron chi connectivity index (χ2n) is 10.4. The molecule has 2 aliphatic rings. The van der Waals surface area contributed by atoms with Gasteiger partial charge < -0.3 is 4.74 Å². The zero-order chi connectivity index (χ0) is 27.2. The summed E-state index contributed by atoms with van der Waals surface area (Å²) in [5.74, 6) is 2.89. The van der Waals surface area contributed by atoms with Crippen LogP contribution in [-0.4, -0.2) is 21.1 Å². The molecule has 0 amide bonds. The van der Waals surface area contributed by atoms with Crippen LogP contribution in [0.15, 0.2) is 140 Å². The first-order chi connectivity index (χ1) is 20.3. The van der Waals surface area contributed by atoms with Crippen LogP contribution in [0.4, 0.5) is 0 Å². The summed E-state index contributed by atoms with van der Waals surface area (Å²) < 4.78 is 6.51. The summed E-state index contributed by atoms with van der Waals surface area (Å²) >= 11 is 0. The second-order valence-corrected chi connectivity index (χ2v) is 10.4. The van der Waals surface area contributed by atoms with E-state index in [2.05, 4.69) is 103 Å². The van der Waals surface area contributed by atoms with Gasteiger partial charge >= 0.3 is 0 Å². The fourth-order valence-corrected chi connectivity index (χ4v) is 5.94. The Morgan fingerprint density at radius 2 is 1.27 bits per heavy atom. The third-order valence-electron chi connectivity index (χ3n) is 7.92. The summed E-state index contributed by atoms with van der Waals surface area (Å²) in [5.41, 5.74) is 6.44. The van der Waals surface area contributed by atoms with Crippen molar-refractivity contribution in [2.24, 2.45) is 0 Å². The van der Waals surface area contributed by atoms with Gasteiger partial charge in [0, 0.05) is 22.3 Å². The van der Waals surface area contributed by atoms with Crippen LogP contribution < -0.4 is 4.74 Å². The molecule has 0 saturated heterocycles. The number of aromatic nitrogens is 3. The Morgan fingerprint density at radius 3 is 2.12 bits per heavy atom. The smallest absolute Gasteiger partial charge is 0.164 e. The van der Waals surface area contributed by atoms with Crippen LogP contribution in [0.25, 0.3) is 50.2 Å². The van der Waals surface area contributed by atoms with Crippen molar-refractivity contribution in [2.75, 3.05) is 0 Å². The molecule has 41 heavy (non-hydrogen) atoms. The van der Waals surface area contributed by atoms with Crippen LogP contribution in [-0.2, 0) is 0 Å². The maximum absolute atomic E-state index is 6.51. The third kappa shape index (κ3) is 4.12. The Labute approximate surface area is 238 Å². The van der Waals surface area contributed by atoms with Crippen LogP contribution in [0.1, 0.15) is 17.3 Å². The fourth-order valence-electron chi connectivity index (χ4n) is 5.94. The first-order valence-electron chi connectivity index (χ1n) is 13.9. The molecule has 5 aromatic carbocycles. The maximum atomic E-state index is 6.51.